The smallest absolute Gasteiger partial charge is 0.338 e. The molecule has 0 aliphatic rings. The van der Waals surface area contributed by atoms with Crippen molar-refractivity contribution >= 4 is 12.1 Å². The molecule has 0 unspecified atom stereocenters. The number of hydrogen-bond acceptors (Lipinski definition) is 2. The summed E-state index contributed by atoms with van der Waals surface area (Å²) in [6.45, 7) is -2.77. The van der Waals surface area contributed by atoms with Gasteiger partial charge in [-0.1, -0.05) is 0 Å². The molecule has 394 valence electrons. The summed E-state index contributed by atoms with van der Waals surface area (Å²) in [5.41, 5.74) is 0. The van der Waals surface area contributed by atoms with Crippen LogP contribution in [0.15, 0.2) is 0 Å². The minimum absolute atomic E-state index is 0.109. The largest absolute Gasteiger partial charge is 0.460 e. The van der Waals surface area contributed by atoms with Crippen molar-refractivity contribution in [1.82, 2.24) is 21.3 Å². The second-order valence-electron chi connectivity index (χ2n) is 16.0. The average molecular weight is 1040 g/mol. The van der Waals surface area contributed by atoms with Crippen LogP contribution in [0.1, 0.15) is 38.5 Å². The second-order valence-corrected chi connectivity index (χ2v) is 16.0. The summed E-state index contributed by atoms with van der Waals surface area (Å²) in [6.07, 6.45) is -18.1. The summed E-state index contributed by atoms with van der Waals surface area (Å²) in [5, 5.41) is 7.10. The van der Waals surface area contributed by atoms with Crippen LogP contribution in [0.2, 0.25) is 0 Å². The number of quaternary nitrogens is 2. The molecule has 0 aromatic rings. The van der Waals surface area contributed by atoms with Crippen LogP contribution in [0.5, 0.6) is 0 Å². The number of likely N-dealkylation sites (N-methyl/N-ethyl adjacent to an activating group) is 2. The maximum absolute atomic E-state index is 13.9. The van der Waals surface area contributed by atoms with Crippen molar-refractivity contribution < 1.29 is 133 Å². The van der Waals surface area contributed by atoms with E-state index in [0.29, 0.717) is 38.8 Å². The van der Waals surface area contributed by atoms with Gasteiger partial charge in [-0.25, -0.2) is 9.59 Å². The van der Waals surface area contributed by atoms with Gasteiger partial charge < -0.3 is 30.2 Å². The third kappa shape index (κ3) is 13.7. The molecule has 0 radical (unpaired) electrons. The maximum Gasteiger partial charge on any atom is 0.460 e. The lowest BCUT2D eigenvalue weighted by Crippen LogP contribution is -2.70. The lowest BCUT2D eigenvalue weighted by atomic mass is 9.92. The molecule has 4 N–H and O–H groups in total. The van der Waals surface area contributed by atoms with Crippen LogP contribution in [0.4, 0.5) is 124 Å². The average Bonchev–Trinajstić information content (AvgIpc) is 3.11. The van der Waals surface area contributed by atoms with E-state index < -0.39 is 110 Å². The van der Waals surface area contributed by atoms with Crippen LogP contribution in [0.3, 0.4) is 0 Å². The van der Waals surface area contributed by atoms with E-state index in [0.717, 1.165) is 0 Å². The molecule has 0 aromatic carbocycles. The predicted octanol–water partition coefficient (Wildman–Crippen LogP) is 9.56. The molecule has 0 atom stereocenters. The van der Waals surface area contributed by atoms with Crippen molar-refractivity contribution in [2.24, 2.45) is 0 Å². The first kappa shape index (κ1) is 62.6. The molecular formula is C32H44F26N6O2+2. The second kappa shape index (κ2) is 20.7. The van der Waals surface area contributed by atoms with Gasteiger partial charge in [-0.15, -0.1) is 0 Å². The first-order valence-corrected chi connectivity index (χ1v) is 18.5. The topological polar surface area (TPSA) is 82.3 Å². The van der Waals surface area contributed by atoms with Gasteiger partial charge >= 0.3 is 83.6 Å². The lowest BCUT2D eigenvalue weighted by molar-refractivity contribution is -0.890. The Morgan fingerprint density at radius 1 is 0.318 bits per heavy atom. The van der Waals surface area contributed by atoms with Crippen molar-refractivity contribution in [2.75, 3.05) is 80.5 Å². The van der Waals surface area contributed by atoms with Crippen molar-refractivity contribution in [3.63, 3.8) is 0 Å². The number of carbonyl (C=O) groups excluding carboxylic acids is 2. The summed E-state index contributed by atoms with van der Waals surface area (Å²) in [7, 11) is 6.60. The molecule has 0 rings (SSSR count). The van der Waals surface area contributed by atoms with Gasteiger partial charge in [0, 0.05) is 25.9 Å². The van der Waals surface area contributed by atoms with Gasteiger partial charge in [0.15, 0.2) is 0 Å². The van der Waals surface area contributed by atoms with Crippen molar-refractivity contribution in [3.8, 4) is 0 Å². The molecule has 66 heavy (non-hydrogen) atoms. The highest BCUT2D eigenvalue weighted by Gasteiger charge is 2.92. The summed E-state index contributed by atoms with van der Waals surface area (Å²) in [6, 6.07) is -2.77. The SMILES string of the molecule is C[N+](C)(CCCCCC[N+](C)(C)CCNC(=O)NCCC(F)(F)C(F)(F)C(F)(F)C(F)(F)C(F)(F)C(F)(F)F)CCNC(=O)NCCC(F)(F)C(F)(F)C(F)(F)C(F)(F)C(F)(F)C(F)(F)F. The highest BCUT2D eigenvalue weighted by atomic mass is 19.4. The number of amides is 4. The Kier molecular flexibility index (Phi) is 19.6. The number of carbonyl (C=O) groups is 2. The van der Waals surface area contributed by atoms with Gasteiger partial charge in [0.25, 0.3) is 0 Å². The fourth-order valence-electron chi connectivity index (χ4n) is 5.31. The van der Waals surface area contributed by atoms with Crippen LogP contribution in [-0.4, -0.2) is 173 Å². The monoisotopic (exact) mass is 1040 g/mol. The molecule has 34 heteroatoms. The predicted molar refractivity (Wildman–Crippen MR) is 176 cm³/mol. The van der Waals surface area contributed by atoms with E-state index in [4.69, 9.17) is 0 Å². The van der Waals surface area contributed by atoms with E-state index in [-0.39, 0.29) is 35.1 Å². The Balaban J connectivity index is 4.74. The van der Waals surface area contributed by atoms with E-state index in [9.17, 15) is 124 Å². The molecule has 0 bridgehead atoms. The van der Waals surface area contributed by atoms with Gasteiger partial charge in [0.2, 0.25) is 0 Å². The number of alkyl halides is 26. The number of nitrogens with zero attached hydrogens (tertiary/aromatic N) is 2. The number of rotatable bonds is 27. The molecule has 8 nitrogen and oxygen atoms in total. The first-order valence-electron chi connectivity index (χ1n) is 18.5. The molecule has 0 aliphatic carbocycles. The molecule has 0 spiro atoms. The van der Waals surface area contributed by atoms with E-state index in [1.165, 1.54) is 10.6 Å². The Bertz CT molecular complexity index is 1470. The van der Waals surface area contributed by atoms with E-state index in [1.54, 1.807) is 28.2 Å². The van der Waals surface area contributed by atoms with Crippen molar-refractivity contribution in [1.29, 1.82) is 0 Å². The maximum atomic E-state index is 13.9. The van der Waals surface area contributed by atoms with E-state index in [2.05, 4.69) is 10.6 Å². The van der Waals surface area contributed by atoms with Crippen LogP contribution in [-0.2, 0) is 0 Å². The summed E-state index contributed by atoms with van der Waals surface area (Å²) >= 11 is 0. The third-order valence-corrected chi connectivity index (χ3v) is 9.73. The summed E-state index contributed by atoms with van der Waals surface area (Å²) < 4.78 is 344. The zero-order valence-electron chi connectivity index (χ0n) is 34.4. The Labute approximate surface area is 357 Å². The fraction of sp³-hybridized carbons (Fsp3) is 0.938. The highest BCUT2D eigenvalue weighted by Crippen LogP contribution is 2.62. The van der Waals surface area contributed by atoms with Gasteiger partial charge in [0.1, 0.15) is 0 Å². The van der Waals surface area contributed by atoms with Crippen LogP contribution < -0.4 is 21.3 Å². The zero-order valence-corrected chi connectivity index (χ0v) is 34.4. The lowest BCUT2D eigenvalue weighted by Gasteiger charge is -2.39. The number of unbranched alkanes of at least 4 members (excludes halogenated alkanes) is 3. The number of hydrogen-bond donors (Lipinski definition) is 4. The zero-order chi connectivity index (χ0) is 52.9. The Hall–Kier alpha value is -3.36. The highest BCUT2D eigenvalue weighted by molar-refractivity contribution is 5.74. The van der Waals surface area contributed by atoms with Gasteiger partial charge in [-0.05, 0) is 25.7 Å². The standard InChI is InChI=1S/C32H42F26N6O2/c1-63(2,17-13-61-19(65)59-11-9-21(33,34)23(37,38)25(41,42)27(45,46)29(49,50)31(53,54)55)15-7-5-6-8-16-64(3,4)18-14-62-20(66)60-12-10-22(35,36)24(39,40)26(43,44)28(47,48)30(51,52)32(56,57)58/h5-18H2,1-4H3,(H2-2,59,60,61,62,65,66)/p+2. The molecule has 4 amide bonds. The molecule has 0 saturated carbocycles. The first-order chi connectivity index (χ1) is 28.9. The quantitative estimate of drug-likeness (QED) is 0.0376. The number of urea groups is 2. The van der Waals surface area contributed by atoms with Gasteiger partial charge in [0.05, 0.1) is 67.5 Å². The molecule has 0 saturated heterocycles. The molecule has 0 heterocycles. The van der Waals surface area contributed by atoms with E-state index >= 15 is 0 Å². The third-order valence-electron chi connectivity index (χ3n) is 9.73. The molecule has 0 aliphatic heterocycles. The number of halogens is 26. The summed E-state index contributed by atoms with van der Waals surface area (Å²) in [4.78, 5) is 23.7. The van der Waals surface area contributed by atoms with Crippen LogP contribution >= 0.6 is 0 Å². The summed E-state index contributed by atoms with van der Waals surface area (Å²) in [5.74, 6) is -75.4. The molecule has 0 aromatic heterocycles. The molecule has 0 fully saturated rings. The minimum Gasteiger partial charge on any atom is -0.338 e. The van der Waals surface area contributed by atoms with Gasteiger partial charge in [-0.2, -0.15) is 114 Å². The van der Waals surface area contributed by atoms with E-state index in [1.807, 2.05) is 0 Å². The van der Waals surface area contributed by atoms with Crippen LogP contribution in [0, 0.1) is 0 Å². The normalized spacial score (nSPS) is 15.2. The van der Waals surface area contributed by atoms with Crippen molar-refractivity contribution in [2.45, 2.75) is 110 Å². The Morgan fingerprint density at radius 3 is 0.788 bits per heavy atom. The Morgan fingerprint density at radius 2 is 0.545 bits per heavy atom. The minimum atomic E-state index is -8.05. The molecular weight excluding hydrogens is 994 g/mol. The number of nitrogens with one attached hydrogen (secondary N) is 4. The fourth-order valence-corrected chi connectivity index (χ4v) is 5.31. The van der Waals surface area contributed by atoms with Gasteiger partial charge in [-0.3, -0.25) is 0 Å². The van der Waals surface area contributed by atoms with Crippen LogP contribution in [0.25, 0.3) is 0 Å². The van der Waals surface area contributed by atoms with Crippen molar-refractivity contribution in [3.05, 3.63) is 0 Å².